The smallest absolute Gasteiger partial charge is 0.350 e. The molecule has 0 saturated carbocycles. The van der Waals surface area contributed by atoms with Gasteiger partial charge in [0, 0.05) is 0 Å². The van der Waals surface area contributed by atoms with Crippen molar-refractivity contribution >= 4 is 43.9 Å². The van der Waals surface area contributed by atoms with Gasteiger partial charge in [0.25, 0.3) is 0 Å². The highest BCUT2D eigenvalue weighted by atomic mass is 16.4. The van der Waals surface area contributed by atoms with Gasteiger partial charge in [0.15, 0.2) is 22.3 Å². The zero-order valence-corrected chi connectivity index (χ0v) is 14.7. The van der Waals surface area contributed by atoms with Crippen molar-refractivity contribution < 1.29 is 26.5 Å². The fourth-order valence-electron chi connectivity index (χ4n) is 2.97. The summed E-state index contributed by atoms with van der Waals surface area (Å²) in [5.74, 6) is 0. The fraction of sp³-hybridized carbons (Fsp3) is 0. The van der Waals surface area contributed by atoms with Crippen molar-refractivity contribution in [2.75, 3.05) is 0 Å². The SMILES string of the molecule is O=c1oc(=O)c2ccoc2c2occc12.O=c1oc(=O)c2ccoc2c2occc12. The summed E-state index contributed by atoms with van der Waals surface area (Å²) in [4.78, 5) is 45.6. The molecule has 10 heteroatoms. The molecule has 0 bridgehead atoms. The number of fused-ring (bicyclic) bond motifs is 6. The van der Waals surface area contributed by atoms with Crippen LogP contribution in [0.3, 0.4) is 0 Å². The first kappa shape index (κ1) is 17.5. The Balaban J connectivity index is 0.000000128. The summed E-state index contributed by atoms with van der Waals surface area (Å²) in [5.41, 5.74) is -2.00. The Morgan fingerprint density at radius 2 is 0.633 bits per heavy atom. The summed E-state index contributed by atoms with van der Waals surface area (Å²) in [6, 6.07) is 5.73. The lowest BCUT2D eigenvalue weighted by atomic mass is 10.3. The minimum absolute atomic E-state index is 0.192. The lowest BCUT2D eigenvalue weighted by molar-refractivity contribution is 0.491. The third kappa shape index (κ3) is 2.58. The van der Waals surface area contributed by atoms with Crippen molar-refractivity contribution in [2.24, 2.45) is 0 Å². The van der Waals surface area contributed by atoms with Gasteiger partial charge in [-0.1, -0.05) is 0 Å². The quantitative estimate of drug-likeness (QED) is 0.367. The molecule has 30 heavy (non-hydrogen) atoms. The van der Waals surface area contributed by atoms with Gasteiger partial charge < -0.3 is 26.5 Å². The number of furan rings is 4. The van der Waals surface area contributed by atoms with E-state index in [9.17, 15) is 19.2 Å². The van der Waals surface area contributed by atoms with Crippen molar-refractivity contribution in [1.29, 1.82) is 0 Å². The molecule has 0 N–H and O–H groups in total. The molecule has 6 heterocycles. The summed E-state index contributed by atoms with van der Waals surface area (Å²) in [5, 5.41) is 0.767. The van der Waals surface area contributed by atoms with Gasteiger partial charge in [0.1, 0.15) is 21.5 Å². The Labute approximate surface area is 162 Å². The average Bonchev–Trinajstić information content (AvgIpc) is 3.52. The van der Waals surface area contributed by atoms with Crippen LogP contribution in [0.2, 0.25) is 0 Å². The minimum Gasteiger partial charge on any atom is -0.460 e. The molecule has 10 nitrogen and oxygen atoms in total. The first-order valence-electron chi connectivity index (χ1n) is 8.38. The van der Waals surface area contributed by atoms with E-state index in [4.69, 9.17) is 17.7 Å². The molecule has 6 aromatic heterocycles. The molecule has 0 radical (unpaired) electrons. The molecule has 0 saturated heterocycles. The van der Waals surface area contributed by atoms with Crippen LogP contribution in [0.5, 0.6) is 0 Å². The summed E-state index contributed by atoms with van der Waals surface area (Å²) in [6.07, 6.45) is 5.37. The molecule has 0 spiro atoms. The zero-order valence-electron chi connectivity index (χ0n) is 14.7. The van der Waals surface area contributed by atoms with E-state index in [0.717, 1.165) is 0 Å². The van der Waals surface area contributed by atoms with Crippen LogP contribution >= 0.6 is 0 Å². The van der Waals surface area contributed by atoms with E-state index in [0.29, 0.717) is 0 Å². The van der Waals surface area contributed by atoms with Crippen LogP contribution in [0.1, 0.15) is 0 Å². The highest BCUT2D eigenvalue weighted by Crippen LogP contribution is 2.21. The van der Waals surface area contributed by atoms with E-state index in [1.54, 1.807) is 0 Å². The Hall–Kier alpha value is -4.60. The molecule has 148 valence electrons. The van der Waals surface area contributed by atoms with Crippen molar-refractivity contribution in [1.82, 2.24) is 0 Å². The second-order valence-corrected chi connectivity index (χ2v) is 6.01. The number of hydrogen-bond acceptors (Lipinski definition) is 10. The average molecular weight is 408 g/mol. The maximum atomic E-state index is 11.4. The van der Waals surface area contributed by atoms with E-state index >= 15 is 0 Å². The van der Waals surface area contributed by atoms with Crippen molar-refractivity contribution in [3.05, 3.63) is 91.0 Å². The van der Waals surface area contributed by atoms with Crippen LogP contribution < -0.4 is 22.5 Å². The first-order chi connectivity index (χ1) is 14.5. The third-order valence-corrected chi connectivity index (χ3v) is 4.32. The lowest BCUT2D eigenvalue weighted by Crippen LogP contribution is -2.03. The number of hydrogen-bond donors (Lipinski definition) is 0. The van der Waals surface area contributed by atoms with Crippen LogP contribution in [0.15, 0.2) is 95.0 Å². The molecule has 0 atom stereocenters. The summed E-state index contributed by atoms with van der Waals surface area (Å²) in [6.45, 7) is 0. The zero-order chi connectivity index (χ0) is 20.8. The Morgan fingerprint density at radius 3 is 0.867 bits per heavy atom. The molecule has 6 rings (SSSR count). The number of rotatable bonds is 0. The molecule has 0 aliphatic carbocycles. The normalized spacial score (nSPS) is 11.2. The molecule has 0 fully saturated rings. The molecule has 0 unspecified atom stereocenters. The van der Waals surface area contributed by atoms with Crippen LogP contribution in [0, 0.1) is 0 Å². The van der Waals surface area contributed by atoms with E-state index < -0.39 is 22.5 Å². The van der Waals surface area contributed by atoms with E-state index in [1.807, 2.05) is 0 Å². The third-order valence-electron chi connectivity index (χ3n) is 4.32. The van der Waals surface area contributed by atoms with Gasteiger partial charge in [-0.15, -0.1) is 0 Å². The topological polar surface area (TPSA) is 147 Å². The molecule has 0 amide bonds. The minimum atomic E-state index is -0.727. The lowest BCUT2D eigenvalue weighted by Gasteiger charge is -1.78. The summed E-state index contributed by atoms with van der Waals surface area (Å²) < 4.78 is 29.5. The standard InChI is InChI=1S/2C10H4O5/c2*11-9-5-1-3-13-7(5)8-6(2-4-14-8)10(12)15-9/h2*1-4H. The Bertz CT molecular complexity index is 1520. The summed E-state index contributed by atoms with van der Waals surface area (Å²) >= 11 is 0. The fourth-order valence-corrected chi connectivity index (χ4v) is 2.97. The van der Waals surface area contributed by atoms with Crippen LogP contribution in [-0.2, 0) is 0 Å². The van der Waals surface area contributed by atoms with E-state index in [2.05, 4.69) is 8.83 Å². The van der Waals surface area contributed by atoms with Crippen LogP contribution in [0.25, 0.3) is 43.9 Å². The van der Waals surface area contributed by atoms with Gasteiger partial charge in [0.2, 0.25) is 0 Å². The van der Waals surface area contributed by atoms with Crippen molar-refractivity contribution in [3.8, 4) is 0 Å². The molecule has 0 aliphatic heterocycles. The summed E-state index contributed by atoms with van der Waals surface area (Å²) in [7, 11) is 0. The second-order valence-electron chi connectivity index (χ2n) is 6.01. The van der Waals surface area contributed by atoms with Gasteiger partial charge in [-0.2, -0.15) is 0 Å². The predicted molar refractivity (Wildman–Crippen MR) is 102 cm³/mol. The van der Waals surface area contributed by atoms with Gasteiger partial charge in [0.05, 0.1) is 25.1 Å². The predicted octanol–water partition coefficient (Wildman–Crippen LogP) is 2.98. The highest BCUT2D eigenvalue weighted by molar-refractivity contribution is 5.98. The second kappa shape index (κ2) is 6.48. The van der Waals surface area contributed by atoms with Crippen LogP contribution in [0.4, 0.5) is 0 Å². The van der Waals surface area contributed by atoms with Crippen LogP contribution in [-0.4, -0.2) is 0 Å². The Morgan fingerprint density at radius 1 is 0.400 bits per heavy atom. The highest BCUT2D eigenvalue weighted by Gasteiger charge is 2.13. The maximum Gasteiger partial charge on any atom is 0.350 e. The largest absolute Gasteiger partial charge is 0.460 e. The van der Waals surface area contributed by atoms with Gasteiger partial charge in [-0.25, -0.2) is 19.2 Å². The molecular formula is C20H8O10. The van der Waals surface area contributed by atoms with Gasteiger partial charge >= 0.3 is 22.5 Å². The molecule has 0 aliphatic rings. The van der Waals surface area contributed by atoms with Gasteiger partial charge in [-0.05, 0) is 24.3 Å². The monoisotopic (exact) mass is 408 g/mol. The molecular weight excluding hydrogens is 400 g/mol. The molecule has 0 aromatic carbocycles. The Kier molecular flexibility index (Phi) is 3.78. The van der Waals surface area contributed by atoms with Crippen molar-refractivity contribution in [2.45, 2.75) is 0 Å². The van der Waals surface area contributed by atoms with Gasteiger partial charge in [-0.3, -0.25) is 0 Å². The first-order valence-corrected chi connectivity index (χ1v) is 8.38. The maximum absolute atomic E-state index is 11.4. The van der Waals surface area contributed by atoms with Crippen molar-refractivity contribution in [3.63, 3.8) is 0 Å². The van der Waals surface area contributed by atoms with E-state index in [-0.39, 0.29) is 43.9 Å². The van der Waals surface area contributed by atoms with E-state index in [1.165, 1.54) is 49.3 Å². The molecule has 6 aromatic rings.